The number of furan rings is 1. The Labute approximate surface area is 153 Å². The number of hydrogen-bond acceptors (Lipinski definition) is 5. The predicted octanol–water partition coefficient (Wildman–Crippen LogP) is 2.81. The molecule has 0 aromatic carbocycles. The first-order chi connectivity index (χ1) is 12.7. The van der Waals surface area contributed by atoms with Crippen LogP contribution in [-0.2, 0) is 6.54 Å². The lowest BCUT2D eigenvalue weighted by atomic mass is 9.77. The highest BCUT2D eigenvalue weighted by molar-refractivity contribution is 5.91. The molecule has 138 valence electrons. The summed E-state index contributed by atoms with van der Waals surface area (Å²) in [6, 6.07) is 7.55. The summed E-state index contributed by atoms with van der Waals surface area (Å²) in [6.07, 6.45) is 6.65. The van der Waals surface area contributed by atoms with Gasteiger partial charge in [-0.15, -0.1) is 0 Å². The van der Waals surface area contributed by atoms with Crippen LogP contribution in [0.2, 0.25) is 0 Å². The zero-order valence-electron chi connectivity index (χ0n) is 15.2. The third kappa shape index (κ3) is 3.33. The normalized spacial score (nSPS) is 19.8. The van der Waals surface area contributed by atoms with E-state index in [0.717, 1.165) is 57.5 Å². The molecule has 0 unspecified atom stereocenters. The molecule has 2 aliphatic heterocycles. The van der Waals surface area contributed by atoms with Crippen LogP contribution in [0.3, 0.4) is 0 Å². The van der Waals surface area contributed by atoms with Gasteiger partial charge in [0.1, 0.15) is 0 Å². The van der Waals surface area contributed by atoms with E-state index in [0.29, 0.717) is 11.6 Å². The summed E-state index contributed by atoms with van der Waals surface area (Å²) in [5.74, 6) is 1.18. The Kier molecular flexibility index (Phi) is 4.68. The van der Waals surface area contributed by atoms with Crippen molar-refractivity contribution in [2.24, 2.45) is 5.41 Å². The molecule has 2 aromatic heterocycles. The number of methoxy groups -OCH3 is 1. The van der Waals surface area contributed by atoms with Crippen molar-refractivity contribution in [2.75, 3.05) is 33.3 Å². The zero-order chi connectivity index (χ0) is 18.0. The molecule has 4 heterocycles. The van der Waals surface area contributed by atoms with Gasteiger partial charge in [0.05, 0.1) is 13.4 Å². The van der Waals surface area contributed by atoms with Gasteiger partial charge in [0.2, 0.25) is 5.88 Å². The van der Waals surface area contributed by atoms with E-state index in [1.807, 2.05) is 11.0 Å². The number of rotatable bonds is 4. The Balaban J connectivity index is 1.34. The number of nitrogens with zero attached hydrogens (tertiary/aromatic N) is 3. The van der Waals surface area contributed by atoms with Gasteiger partial charge >= 0.3 is 0 Å². The fourth-order valence-electron chi connectivity index (χ4n) is 4.23. The topological polar surface area (TPSA) is 58.8 Å². The number of hydrogen-bond donors (Lipinski definition) is 0. The standard InChI is InChI=1S/C20H25N3O3/c1-25-18-16(4-2-9-21-18)14-22-10-6-20(7-11-22)8-12-23(15-20)19(24)17-5-3-13-26-17/h2-5,9,13H,6-8,10-12,14-15H2,1H3. The van der Waals surface area contributed by atoms with Gasteiger partial charge in [-0.1, -0.05) is 6.07 Å². The third-order valence-corrected chi connectivity index (χ3v) is 5.81. The minimum Gasteiger partial charge on any atom is -0.481 e. The number of aromatic nitrogens is 1. The van der Waals surface area contributed by atoms with Gasteiger partial charge < -0.3 is 14.1 Å². The van der Waals surface area contributed by atoms with Crippen LogP contribution < -0.4 is 4.74 Å². The van der Waals surface area contributed by atoms with Crippen molar-refractivity contribution in [3.63, 3.8) is 0 Å². The second-order valence-electron chi connectivity index (χ2n) is 7.40. The smallest absolute Gasteiger partial charge is 0.289 e. The van der Waals surface area contributed by atoms with E-state index in [1.165, 1.54) is 0 Å². The van der Waals surface area contributed by atoms with Crippen molar-refractivity contribution >= 4 is 5.91 Å². The average molecular weight is 355 g/mol. The quantitative estimate of drug-likeness (QED) is 0.844. The molecule has 0 bridgehead atoms. The molecule has 0 atom stereocenters. The first-order valence-corrected chi connectivity index (χ1v) is 9.22. The van der Waals surface area contributed by atoms with Gasteiger partial charge in [0.15, 0.2) is 5.76 Å². The highest BCUT2D eigenvalue weighted by Crippen LogP contribution is 2.41. The average Bonchev–Trinajstić information content (AvgIpc) is 3.35. The molecule has 0 aliphatic carbocycles. The molecule has 4 rings (SSSR count). The SMILES string of the molecule is COc1ncccc1CN1CCC2(CC1)CCN(C(=O)c1ccco1)C2. The Morgan fingerprint density at radius 2 is 2.04 bits per heavy atom. The van der Waals surface area contributed by atoms with Crippen LogP contribution in [0.25, 0.3) is 0 Å². The summed E-state index contributed by atoms with van der Waals surface area (Å²) >= 11 is 0. The Morgan fingerprint density at radius 3 is 2.77 bits per heavy atom. The maximum atomic E-state index is 12.5. The van der Waals surface area contributed by atoms with E-state index >= 15 is 0 Å². The highest BCUT2D eigenvalue weighted by atomic mass is 16.5. The van der Waals surface area contributed by atoms with Crippen LogP contribution in [0.1, 0.15) is 35.4 Å². The van der Waals surface area contributed by atoms with E-state index in [-0.39, 0.29) is 11.3 Å². The van der Waals surface area contributed by atoms with E-state index in [2.05, 4.69) is 16.0 Å². The maximum absolute atomic E-state index is 12.5. The summed E-state index contributed by atoms with van der Waals surface area (Å²) in [4.78, 5) is 21.2. The predicted molar refractivity (Wildman–Crippen MR) is 97.0 cm³/mol. The molecule has 0 saturated carbocycles. The molecule has 1 amide bonds. The van der Waals surface area contributed by atoms with Gasteiger partial charge in [-0.05, 0) is 56.0 Å². The number of likely N-dealkylation sites (tertiary alicyclic amines) is 2. The molecule has 6 heteroatoms. The first kappa shape index (κ1) is 17.1. The van der Waals surface area contributed by atoms with Crippen LogP contribution in [0, 0.1) is 5.41 Å². The van der Waals surface area contributed by atoms with Gasteiger partial charge in [0, 0.05) is 31.4 Å². The number of pyridine rings is 1. The molecule has 2 fully saturated rings. The van der Waals surface area contributed by atoms with Gasteiger partial charge in [0.25, 0.3) is 5.91 Å². The van der Waals surface area contributed by atoms with Crippen molar-refractivity contribution in [3.05, 3.63) is 48.0 Å². The van der Waals surface area contributed by atoms with Crippen molar-refractivity contribution in [1.82, 2.24) is 14.8 Å². The van der Waals surface area contributed by atoms with Crippen LogP contribution in [-0.4, -0.2) is 54.0 Å². The van der Waals surface area contributed by atoms with Gasteiger partial charge in [-0.3, -0.25) is 9.69 Å². The molecular weight excluding hydrogens is 330 g/mol. The Bertz CT molecular complexity index is 751. The molecule has 0 radical (unpaired) electrons. The Morgan fingerprint density at radius 1 is 1.23 bits per heavy atom. The number of amides is 1. The minimum absolute atomic E-state index is 0.0226. The molecule has 0 N–H and O–H groups in total. The zero-order valence-corrected chi connectivity index (χ0v) is 15.2. The second kappa shape index (κ2) is 7.11. The number of ether oxygens (including phenoxy) is 1. The lowest BCUT2D eigenvalue weighted by Crippen LogP contribution is -2.42. The molecule has 26 heavy (non-hydrogen) atoms. The lowest BCUT2D eigenvalue weighted by molar-refractivity contribution is 0.0685. The number of carbonyl (C=O) groups is 1. The highest BCUT2D eigenvalue weighted by Gasteiger charge is 2.42. The Hall–Kier alpha value is -2.34. The van der Waals surface area contributed by atoms with Crippen molar-refractivity contribution in [3.8, 4) is 5.88 Å². The summed E-state index contributed by atoms with van der Waals surface area (Å²) in [5, 5.41) is 0. The van der Waals surface area contributed by atoms with Gasteiger partial charge in [-0.2, -0.15) is 0 Å². The fraction of sp³-hybridized carbons (Fsp3) is 0.500. The summed E-state index contributed by atoms with van der Waals surface area (Å²) in [6.45, 7) is 4.62. The molecule has 1 spiro atoms. The molecule has 6 nitrogen and oxygen atoms in total. The largest absolute Gasteiger partial charge is 0.481 e. The summed E-state index contributed by atoms with van der Waals surface area (Å²) < 4.78 is 10.6. The van der Waals surface area contributed by atoms with Crippen LogP contribution in [0.4, 0.5) is 0 Å². The molecular formula is C20H25N3O3. The van der Waals surface area contributed by atoms with Crippen LogP contribution in [0.15, 0.2) is 41.1 Å². The molecule has 2 aliphatic rings. The van der Waals surface area contributed by atoms with Crippen molar-refractivity contribution in [1.29, 1.82) is 0 Å². The maximum Gasteiger partial charge on any atom is 0.289 e. The summed E-state index contributed by atoms with van der Waals surface area (Å²) in [5.41, 5.74) is 1.39. The van der Waals surface area contributed by atoms with E-state index < -0.39 is 0 Å². The molecule has 2 aromatic rings. The minimum atomic E-state index is 0.0226. The summed E-state index contributed by atoms with van der Waals surface area (Å²) in [7, 11) is 1.67. The van der Waals surface area contributed by atoms with E-state index in [4.69, 9.17) is 9.15 Å². The van der Waals surface area contributed by atoms with E-state index in [9.17, 15) is 4.79 Å². The van der Waals surface area contributed by atoms with E-state index in [1.54, 1.807) is 31.7 Å². The first-order valence-electron chi connectivity index (χ1n) is 9.22. The number of piperidine rings is 1. The number of carbonyl (C=O) groups excluding carboxylic acids is 1. The monoisotopic (exact) mass is 355 g/mol. The fourth-order valence-corrected chi connectivity index (χ4v) is 4.23. The third-order valence-electron chi connectivity index (χ3n) is 5.81. The van der Waals surface area contributed by atoms with Crippen LogP contribution >= 0.6 is 0 Å². The molecule has 2 saturated heterocycles. The second-order valence-corrected chi connectivity index (χ2v) is 7.40. The van der Waals surface area contributed by atoms with Crippen molar-refractivity contribution in [2.45, 2.75) is 25.8 Å². The van der Waals surface area contributed by atoms with Crippen molar-refractivity contribution < 1.29 is 13.9 Å². The lowest BCUT2D eigenvalue weighted by Gasteiger charge is -2.39. The van der Waals surface area contributed by atoms with Crippen LogP contribution in [0.5, 0.6) is 5.88 Å². The van der Waals surface area contributed by atoms with Gasteiger partial charge in [-0.25, -0.2) is 4.98 Å².